The standard InChI is InChI=1S/C12H19NS/c1-12(6-2-3-7-12)13-8-4-11-5-9-14-10-11/h5,9-10,13H,2-4,6-8H2,1H3. The highest BCUT2D eigenvalue weighted by Crippen LogP contribution is 2.28. The van der Waals surface area contributed by atoms with Gasteiger partial charge in [0.15, 0.2) is 0 Å². The summed E-state index contributed by atoms with van der Waals surface area (Å²) in [4.78, 5) is 0. The monoisotopic (exact) mass is 209 g/mol. The Morgan fingerprint density at radius 1 is 1.43 bits per heavy atom. The van der Waals surface area contributed by atoms with Gasteiger partial charge in [-0.3, -0.25) is 0 Å². The van der Waals surface area contributed by atoms with Crippen molar-refractivity contribution in [2.45, 2.75) is 44.6 Å². The fourth-order valence-electron chi connectivity index (χ4n) is 2.28. The molecule has 1 N–H and O–H groups in total. The lowest BCUT2D eigenvalue weighted by atomic mass is 10.0. The lowest BCUT2D eigenvalue weighted by Crippen LogP contribution is -2.40. The smallest absolute Gasteiger partial charge is 0.0153 e. The molecule has 0 amide bonds. The highest BCUT2D eigenvalue weighted by Gasteiger charge is 2.27. The SMILES string of the molecule is CC1(NCCc2ccsc2)CCCC1. The van der Waals surface area contributed by atoms with Gasteiger partial charge in [-0.05, 0) is 55.1 Å². The molecule has 1 aliphatic carbocycles. The summed E-state index contributed by atoms with van der Waals surface area (Å²) in [5, 5.41) is 8.11. The van der Waals surface area contributed by atoms with Crippen molar-refractivity contribution in [1.82, 2.24) is 5.32 Å². The minimum absolute atomic E-state index is 0.440. The maximum atomic E-state index is 3.70. The first kappa shape index (κ1) is 10.2. The summed E-state index contributed by atoms with van der Waals surface area (Å²) in [5.41, 5.74) is 1.92. The quantitative estimate of drug-likeness (QED) is 0.803. The first-order valence-corrected chi connectivity index (χ1v) is 6.49. The van der Waals surface area contributed by atoms with Crippen LogP contribution in [0.5, 0.6) is 0 Å². The normalized spacial score (nSPS) is 20.1. The Kier molecular flexibility index (Phi) is 3.24. The summed E-state index contributed by atoms with van der Waals surface area (Å²) in [5.74, 6) is 0. The van der Waals surface area contributed by atoms with Gasteiger partial charge in [-0.15, -0.1) is 0 Å². The Morgan fingerprint density at radius 3 is 2.86 bits per heavy atom. The molecular weight excluding hydrogens is 190 g/mol. The number of hydrogen-bond donors (Lipinski definition) is 1. The molecule has 2 rings (SSSR count). The van der Waals surface area contributed by atoms with Crippen molar-refractivity contribution in [3.8, 4) is 0 Å². The molecule has 0 spiro atoms. The number of thiophene rings is 1. The van der Waals surface area contributed by atoms with Gasteiger partial charge in [0.25, 0.3) is 0 Å². The van der Waals surface area contributed by atoms with Gasteiger partial charge < -0.3 is 5.32 Å². The summed E-state index contributed by atoms with van der Waals surface area (Å²) in [6, 6.07) is 2.23. The first-order chi connectivity index (χ1) is 6.79. The van der Waals surface area contributed by atoms with Gasteiger partial charge in [0.2, 0.25) is 0 Å². The second-order valence-electron chi connectivity index (χ2n) is 4.58. The number of hydrogen-bond acceptors (Lipinski definition) is 2. The van der Waals surface area contributed by atoms with Crippen molar-refractivity contribution in [1.29, 1.82) is 0 Å². The molecule has 78 valence electrons. The molecule has 0 saturated heterocycles. The van der Waals surface area contributed by atoms with E-state index in [4.69, 9.17) is 0 Å². The molecule has 1 nitrogen and oxygen atoms in total. The van der Waals surface area contributed by atoms with Crippen molar-refractivity contribution in [3.05, 3.63) is 22.4 Å². The van der Waals surface area contributed by atoms with Gasteiger partial charge in [-0.1, -0.05) is 12.8 Å². The zero-order valence-corrected chi connectivity index (χ0v) is 9.70. The molecule has 0 unspecified atom stereocenters. The second kappa shape index (κ2) is 4.45. The van der Waals surface area contributed by atoms with Crippen molar-refractivity contribution in [3.63, 3.8) is 0 Å². The fourth-order valence-corrected chi connectivity index (χ4v) is 2.98. The van der Waals surface area contributed by atoms with Gasteiger partial charge in [0, 0.05) is 5.54 Å². The van der Waals surface area contributed by atoms with Crippen LogP contribution in [-0.4, -0.2) is 12.1 Å². The zero-order valence-electron chi connectivity index (χ0n) is 8.88. The predicted octanol–water partition coefficient (Wildman–Crippen LogP) is 3.21. The first-order valence-electron chi connectivity index (χ1n) is 5.55. The third-order valence-corrected chi connectivity index (χ3v) is 3.98. The lowest BCUT2D eigenvalue weighted by molar-refractivity contribution is 0.368. The van der Waals surface area contributed by atoms with E-state index in [9.17, 15) is 0 Å². The summed E-state index contributed by atoms with van der Waals surface area (Å²) in [6.07, 6.45) is 6.70. The van der Waals surface area contributed by atoms with Crippen LogP contribution < -0.4 is 5.32 Å². The van der Waals surface area contributed by atoms with Gasteiger partial charge in [0.05, 0.1) is 0 Å². The van der Waals surface area contributed by atoms with Crippen LogP contribution >= 0.6 is 11.3 Å². The van der Waals surface area contributed by atoms with Crippen molar-refractivity contribution in [2.75, 3.05) is 6.54 Å². The number of nitrogens with one attached hydrogen (secondary N) is 1. The average Bonchev–Trinajstić information content (AvgIpc) is 2.77. The Morgan fingerprint density at radius 2 is 2.21 bits per heavy atom. The van der Waals surface area contributed by atoms with E-state index in [0.29, 0.717) is 5.54 Å². The van der Waals surface area contributed by atoms with E-state index < -0.39 is 0 Å². The van der Waals surface area contributed by atoms with E-state index in [1.165, 1.54) is 37.7 Å². The van der Waals surface area contributed by atoms with Crippen LogP contribution in [0, 0.1) is 0 Å². The molecule has 1 saturated carbocycles. The van der Waals surface area contributed by atoms with E-state index in [2.05, 4.69) is 29.1 Å². The van der Waals surface area contributed by atoms with Crippen LogP contribution in [-0.2, 0) is 6.42 Å². The van der Waals surface area contributed by atoms with Crippen molar-refractivity contribution in [2.24, 2.45) is 0 Å². The van der Waals surface area contributed by atoms with Gasteiger partial charge in [-0.2, -0.15) is 11.3 Å². The molecule has 2 heteroatoms. The molecule has 0 bridgehead atoms. The topological polar surface area (TPSA) is 12.0 Å². The zero-order chi connectivity index (χ0) is 9.86. The largest absolute Gasteiger partial charge is 0.311 e. The Labute approximate surface area is 90.5 Å². The maximum Gasteiger partial charge on any atom is 0.0153 e. The van der Waals surface area contributed by atoms with Crippen molar-refractivity contribution < 1.29 is 0 Å². The lowest BCUT2D eigenvalue weighted by Gasteiger charge is -2.25. The van der Waals surface area contributed by atoms with Crippen LogP contribution in [0.2, 0.25) is 0 Å². The van der Waals surface area contributed by atoms with Crippen LogP contribution in [0.15, 0.2) is 16.8 Å². The van der Waals surface area contributed by atoms with Crippen LogP contribution in [0.1, 0.15) is 38.2 Å². The van der Waals surface area contributed by atoms with Crippen LogP contribution in [0.4, 0.5) is 0 Å². The molecule has 1 aromatic heterocycles. The van der Waals surface area contributed by atoms with Gasteiger partial charge >= 0.3 is 0 Å². The van der Waals surface area contributed by atoms with Gasteiger partial charge in [0.1, 0.15) is 0 Å². The molecule has 14 heavy (non-hydrogen) atoms. The Hall–Kier alpha value is -0.340. The highest BCUT2D eigenvalue weighted by molar-refractivity contribution is 7.07. The van der Waals surface area contributed by atoms with E-state index in [1.807, 2.05) is 0 Å². The number of rotatable bonds is 4. The van der Waals surface area contributed by atoms with E-state index in [0.717, 1.165) is 6.54 Å². The predicted molar refractivity (Wildman–Crippen MR) is 62.9 cm³/mol. The summed E-state index contributed by atoms with van der Waals surface area (Å²) < 4.78 is 0. The van der Waals surface area contributed by atoms with Crippen molar-refractivity contribution >= 4 is 11.3 Å². The molecule has 1 aliphatic rings. The van der Waals surface area contributed by atoms with Crippen LogP contribution in [0.3, 0.4) is 0 Å². The summed E-state index contributed by atoms with van der Waals surface area (Å²) in [7, 11) is 0. The molecular formula is C12H19NS. The Bertz CT molecular complexity index is 260. The van der Waals surface area contributed by atoms with E-state index in [-0.39, 0.29) is 0 Å². The molecule has 1 fully saturated rings. The third-order valence-electron chi connectivity index (χ3n) is 3.25. The molecule has 1 aromatic rings. The average molecular weight is 209 g/mol. The molecule has 0 atom stereocenters. The molecule has 1 heterocycles. The highest BCUT2D eigenvalue weighted by atomic mass is 32.1. The molecule has 0 aliphatic heterocycles. The molecule has 0 radical (unpaired) electrons. The second-order valence-corrected chi connectivity index (χ2v) is 5.36. The van der Waals surface area contributed by atoms with Crippen LogP contribution in [0.25, 0.3) is 0 Å². The fraction of sp³-hybridized carbons (Fsp3) is 0.667. The summed E-state index contributed by atoms with van der Waals surface area (Å²) in [6.45, 7) is 3.50. The minimum atomic E-state index is 0.440. The van der Waals surface area contributed by atoms with E-state index >= 15 is 0 Å². The summed E-state index contributed by atoms with van der Waals surface area (Å²) >= 11 is 1.79. The minimum Gasteiger partial charge on any atom is -0.311 e. The maximum absolute atomic E-state index is 3.70. The molecule has 0 aromatic carbocycles. The third kappa shape index (κ3) is 2.58. The van der Waals surface area contributed by atoms with E-state index in [1.54, 1.807) is 11.3 Å². The Balaban J connectivity index is 1.72. The van der Waals surface area contributed by atoms with Gasteiger partial charge in [-0.25, -0.2) is 0 Å².